The lowest BCUT2D eigenvalue weighted by molar-refractivity contribution is 0.345. The molecule has 5 N–H and O–H groups in total. The lowest BCUT2D eigenvalue weighted by atomic mass is 9.78. The van der Waals surface area contributed by atoms with Crippen LogP contribution in [0.15, 0.2) is 6.07 Å². The second kappa shape index (κ2) is 5.57. The molecule has 0 spiro atoms. The van der Waals surface area contributed by atoms with Crippen molar-refractivity contribution in [2.75, 3.05) is 17.7 Å². The highest BCUT2D eigenvalue weighted by molar-refractivity contribution is 5.45. The Bertz CT molecular complexity index is 653. The van der Waals surface area contributed by atoms with E-state index in [0.29, 0.717) is 17.9 Å². The van der Waals surface area contributed by atoms with Crippen molar-refractivity contribution in [3.05, 3.63) is 28.7 Å². The van der Waals surface area contributed by atoms with Crippen molar-refractivity contribution in [2.24, 2.45) is 5.73 Å². The number of rotatable bonds is 4. The van der Waals surface area contributed by atoms with E-state index in [1.54, 1.807) is 0 Å². The van der Waals surface area contributed by atoms with Gasteiger partial charge in [-0.3, -0.25) is 5.10 Å². The molecule has 0 aromatic carbocycles. The molecule has 3 rings (SSSR count). The normalized spacial score (nSPS) is 20.7. The lowest BCUT2D eigenvalue weighted by Gasteiger charge is -2.32. The Morgan fingerprint density at radius 3 is 2.64 bits per heavy atom. The van der Waals surface area contributed by atoms with Crippen LogP contribution in [0.4, 0.5) is 11.8 Å². The van der Waals surface area contributed by atoms with E-state index >= 15 is 0 Å². The van der Waals surface area contributed by atoms with Crippen molar-refractivity contribution in [1.82, 2.24) is 20.2 Å². The molecule has 0 unspecified atom stereocenters. The van der Waals surface area contributed by atoms with E-state index in [4.69, 9.17) is 11.5 Å². The molecule has 2 aromatic heterocycles. The SMILES string of the molecule is Cc1n[nH]c(C)c1CN(C)c1cc(C2CC(N)C2)nc(N)n1. The van der Waals surface area contributed by atoms with Crippen molar-refractivity contribution in [3.8, 4) is 0 Å². The predicted octanol–water partition coefficient (Wildman–Crippen LogP) is 1.24. The van der Waals surface area contributed by atoms with Gasteiger partial charge in [-0.2, -0.15) is 10.1 Å². The van der Waals surface area contributed by atoms with Gasteiger partial charge in [-0.15, -0.1) is 0 Å². The lowest BCUT2D eigenvalue weighted by Crippen LogP contribution is -2.35. The summed E-state index contributed by atoms with van der Waals surface area (Å²) in [4.78, 5) is 10.8. The van der Waals surface area contributed by atoms with Gasteiger partial charge in [-0.05, 0) is 26.7 Å². The molecule has 118 valence electrons. The third-order valence-corrected chi connectivity index (χ3v) is 4.41. The molecule has 7 nitrogen and oxygen atoms in total. The van der Waals surface area contributed by atoms with Crippen LogP contribution in [-0.4, -0.2) is 33.3 Å². The van der Waals surface area contributed by atoms with E-state index in [0.717, 1.165) is 42.3 Å². The monoisotopic (exact) mass is 301 g/mol. The zero-order valence-electron chi connectivity index (χ0n) is 13.3. The molecular weight excluding hydrogens is 278 g/mol. The van der Waals surface area contributed by atoms with Gasteiger partial charge in [0.15, 0.2) is 0 Å². The molecule has 0 saturated heterocycles. The van der Waals surface area contributed by atoms with Crippen LogP contribution in [0.25, 0.3) is 0 Å². The van der Waals surface area contributed by atoms with Gasteiger partial charge in [0, 0.05) is 42.9 Å². The molecule has 2 heterocycles. The summed E-state index contributed by atoms with van der Waals surface area (Å²) in [6, 6.07) is 2.32. The number of anilines is 2. The summed E-state index contributed by atoms with van der Waals surface area (Å²) >= 11 is 0. The van der Waals surface area contributed by atoms with Gasteiger partial charge in [0.1, 0.15) is 5.82 Å². The first-order chi connectivity index (χ1) is 10.4. The molecule has 2 aromatic rings. The number of nitrogens with one attached hydrogen (secondary N) is 1. The quantitative estimate of drug-likeness (QED) is 0.783. The van der Waals surface area contributed by atoms with Crippen LogP contribution in [0.1, 0.15) is 41.4 Å². The number of hydrogen-bond donors (Lipinski definition) is 3. The van der Waals surface area contributed by atoms with Crippen LogP contribution >= 0.6 is 0 Å². The molecular formula is C15H23N7. The average molecular weight is 301 g/mol. The van der Waals surface area contributed by atoms with E-state index in [1.165, 1.54) is 5.56 Å². The first kappa shape index (κ1) is 14.8. The van der Waals surface area contributed by atoms with Gasteiger partial charge in [0.25, 0.3) is 0 Å². The minimum atomic E-state index is 0.290. The Morgan fingerprint density at radius 1 is 1.32 bits per heavy atom. The van der Waals surface area contributed by atoms with Crippen LogP contribution in [-0.2, 0) is 6.54 Å². The number of nitrogen functional groups attached to an aromatic ring is 1. The molecule has 0 radical (unpaired) electrons. The summed E-state index contributed by atoms with van der Waals surface area (Å²) in [5.41, 5.74) is 16.0. The third kappa shape index (κ3) is 2.76. The Morgan fingerprint density at radius 2 is 2.05 bits per heavy atom. The Hall–Kier alpha value is -2.15. The molecule has 0 bridgehead atoms. The first-order valence-electron chi connectivity index (χ1n) is 7.55. The maximum atomic E-state index is 5.88. The highest BCUT2D eigenvalue weighted by atomic mass is 15.2. The fourth-order valence-corrected chi connectivity index (χ4v) is 2.90. The van der Waals surface area contributed by atoms with Gasteiger partial charge in [-0.1, -0.05) is 0 Å². The molecule has 1 fully saturated rings. The zero-order valence-corrected chi connectivity index (χ0v) is 13.3. The smallest absolute Gasteiger partial charge is 0.222 e. The molecule has 1 aliphatic carbocycles. The summed E-state index contributed by atoms with van der Waals surface area (Å²) in [5.74, 6) is 1.56. The minimum Gasteiger partial charge on any atom is -0.368 e. The fraction of sp³-hybridized carbons (Fsp3) is 0.533. The number of hydrogen-bond acceptors (Lipinski definition) is 6. The Balaban J connectivity index is 1.81. The molecule has 0 aliphatic heterocycles. The fourth-order valence-electron chi connectivity index (χ4n) is 2.90. The second-order valence-corrected chi connectivity index (χ2v) is 6.21. The number of nitrogens with two attached hydrogens (primary N) is 2. The largest absolute Gasteiger partial charge is 0.368 e. The number of H-pyrrole nitrogens is 1. The Labute approximate surface area is 130 Å². The molecule has 22 heavy (non-hydrogen) atoms. The number of aryl methyl sites for hydroxylation is 2. The van der Waals surface area contributed by atoms with E-state index in [1.807, 2.05) is 27.0 Å². The molecule has 7 heteroatoms. The molecule has 1 aliphatic rings. The maximum Gasteiger partial charge on any atom is 0.222 e. The van der Waals surface area contributed by atoms with E-state index < -0.39 is 0 Å². The van der Waals surface area contributed by atoms with E-state index in [2.05, 4.69) is 25.1 Å². The first-order valence-corrected chi connectivity index (χ1v) is 7.55. The number of aromatic amines is 1. The highest BCUT2D eigenvalue weighted by Crippen LogP contribution is 2.35. The Kier molecular flexibility index (Phi) is 3.74. The van der Waals surface area contributed by atoms with Gasteiger partial charge in [0.05, 0.1) is 11.4 Å². The third-order valence-electron chi connectivity index (χ3n) is 4.41. The number of aromatic nitrogens is 4. The van der Waals surface area contributed by atoms with Crippen LogP contribution in [0.2, 0.25) is 0 Å². The summed E-state index contributed by atoms with van der Waals surface area (Å²) in [5, 5.41) is 7.24. The van der Waals surface area contributed by atoms with Crippen molar-refractivity contribution < 1.29 is 0 Å². The minimum absolute atomic E-state index is 0.290. The maximum absolute atomic E-state index is 5.88. The van der Waals surface area contributed by atoms with Crippen molar-refractivity contribution in [1.29, 1.82) is 0 Å². The summed E-state index contributed by atoms with van der Waals surface area (Å²) in [7, 11) is 2.00. The van der Waals surface area contributed by atoms with Gasteiger partial charge >= 0.3 is 0 Å². The predicted molar refractivity (Wildman–Crippen MR) is 86.6 cm³/mol. The van der Waals surface area contributed by atoms with Gasteiger partial charge < -0.3 is 16.4 Å². The van der Waals surface area contributed by atoms with Crippen molar-refractivity contribution >= 4 is 11.8 Å². The highest BCUT2D eigenvalue weighted by Gasteiger charge is 2.29. The summed E-state index contributed by atoms with van der Waals surface area (Å²) in [6.45, 7) is 4.76. The molecule has 0 atom stereocenters. The second-order valence-electron chi connectivity index (χ2n) is 6.21. The van der Waals surface area contributed by atoms with Crippen molar-refractivity contribution in [3.63, 3.8) is 0 Å². The summed E-state index contributed by atoms with van der Waals surface area (Å²) in [6.07, 6.45) is 1.94. The zero-order chi connectivity index (χ0) is 15.9. The topological polar surface area (TPSA) is 110 Å². The van der Waals surface area contributed by atoms with Crippen LogP contribution in [0.3, 0.4) is 0 Å². The molecule has 0 amide bonds. The van der Waals surface area contributed by atoms with Gasteiger partial charge in [-0.25, -0.2) is 4.98 Å². The standard InChI is InChI=1S/C15H23N7/c1-8-12(9(2)21-20-8)7-22(3)14-6-13(18-15(17)19-14)10-4-11(16)5-10/h6,10-11H,4-5,7,16H2,1-3H3,(H,20,21)(H2,17,18,19). The van der Waals surface area contributed by atoms with E-state index in [-0.39, 0.29) is 0 Å². The van der Waals surface area contributed by atoms with Crippen molar-refractivity contribution in [2.45, 2.75) is 45.2 Å². The summed E-state index contributed by atoms with van der Waals surface area (Å²) < 4.78 is 0. The van der Waals surface area contributed by atoms with Crippen LogP contribution < -0.4 is 16.4 Å². The van der Waals surface area contributed by atoms with Crippen LogP contribution in [0.5, 0.6) is 0 Å². The molecule has 1 saturated carbocycles. The average Bonchev–Trinajstić information content (AvgIpc) is 2.75. The number of nitrogens with zero attached hydrogens (tertiary/aromatic N) is 4. The van der Waals surface area contributed by atoms with Crippen LogP contribution in [0, 0.1) is 13.8 Å². The van der Waals surface area contributed by atoms with Gasteiger partial charge in [0.2, 0.25) is 5.95 Å². The van der Waals surface area contributed by atoms with E-state index in [9.17, 15) is 0 Å².